The molecule has 0 spiro atoms. The van der Waals surface area contributed by atoms with Crippen LogP contribution in [0.15, 0.2) is 106 Å². The summed E-state index contributed by atoms with van der Waals surface area (Å²) in [5.41, 5.74) is 2.22. The molecule has 0 bridgehead atoms. The third-order valence-corrected chi connectivity index (χ3v) is 8.00. The van der Waals surface area contributed by atoms with Crippen LogP contribution < -0.4 is 19.6 Å². The Balaban J connectivity index is 1.76. The third-order valence-electron chi connectivity index (χ3n) is 7.02. The van der Waals surface area contributed by atoms with Crippen molar-refractivity contribution in [2.75, 3.05) is 13.7 Å². The van der Waals surface area contributed by atoms with Crippen molar-refractivity contribution in [1.82, 2.24) is 4.57 Å². The van der Waals surface area contributed by atoms with Crippen LogP contribution in [-0.4, -0.2) is 29.4 Å². The largest absolute Gasteiger partial charge is 0.507 e. The van der Waals surface area contributed by atoms with Gasteiger partial charge in [0.2, 0.25) is 0 Å². The molecule has 1 atom stereocenters. The van der Waals surface area contributed by atoms with Gasteiger partial charge in [-0.1, -0.05) is 90.2 Å². The van der Waals surface area contributed by atoms with E-state index in [1.54, 1.807) is 48.9 Å². The normalized spacial score (nSPS) is 15.0. The maximum absolute atomic E-state index is 14.2. The number of esters is 1. The number of rotatable bonds is 6. The van der Waals surface area contributed by atoms with E-state index < -0.39 is 12.0 Å². The van der Waals surface area contributed by atoms with E-state index in [1.807, 2.05) is 66.7 Å². The Morgan fingerprint density at radius 3 is 2.49 bits per heavy atom. The van der Waals surface area contributed by atoms with E-state index in [0.29, 0.717) is 31.9 Å². The van der Waals surface area contributed by atoms with Crippen molar-refractivity contribution >= 4 is 39.9 Å². The number of benzene rings is 4. The molecule has 8 heteroatoms. The number of aromatic nitrogens is 1. The van der Waals surface area contributed by atoms with Gasteiger partial charge < -0.3 is 14.6 Å². The summed E-state index contributed by atoms with van der Waals surface area (Å²) in [6.45, 7) is 1.90. The van der Waals surface area contributed by atoms with Gasteiger partial charge in [-0.05, 0) is 35.9 Å². The smallest absolute Gasteiger partial charge is 0.338 e. The molecule has 1 aliphatic heterocycles. The Bertz CT molecular complexity index is 2010. The molecular weight excluding hydrogens is 536 g/mol. The monoisotopic (exact) mass is 562 g/mol. The van der Waals surface area contributed by atoms with Crippen LogP contribution in [0.25, 0.3) is 22.5 Å². The number of phenols is 1. The number of para-hydroxylation sites is 1. The maximum atomic E-state index is 14.2. The number of ether oxygens (including phenoxy) is 2. The lowest BCUT2D eigenvalue weighted by Crippen LogP contribution is -2.40. The van der Waals surface area contributed by atoms with Crippen molar-refractivity contribution in [2.45, 2.75) is 13.0 Å². The zero-order valence-electron chi connectivity index (χ0n) is 22.4. The molecule has 0 radical (unpaired) electrons. The Labute approximate surface area is 239 Å². The maximum Gasteiger partial charge on any atom is 0.338 e. The minimum Gasteiger partial charge on any atom is -0.507 e. The molecule has 0 amide bonds. The van der Waals surface area contributed by atoms with Gasteiger partial charge in [-0.25, -0.2) is 9.79 Å². The van der Waals surface area contributed by atoms with E-state index in [0.717, 1.165) is 16.3 Å². The van der Waals surface area contributed by atoms with Crippen LogP contribution in [0.2, 0.25) is 0 Å². The summed E-state index contributed by atoms with van der Waals surface area (Å²) < 4.78 is 13.4. The van der Waals surface area contributed by atoms with Crippen molar-refractivity contribution in [1.29, 1.82) is 0 Å². The molecule has 4 aromatic carbocycles. The van der Waals surface area contributed by atoms with Crippen molar-refractivity contribution in [3.05, 3.63) is 133 Å². The molecule has 6 rings (SSSR count). The van der Waals surface area contributed by atoms with E-state index in [1.165, 1.54) is 11.3 Å². The van der Waals surface area contributed by atoms with Gasteiger partial charge in [-0.3, -0.25) is 9.36 Å². The molecule has 41 heavy (non-hydrogen) atoms. The lowest BCUT2D eigenvalue weighted by Gasteiger charge is -2.28. The Kier molecular flexibility index (Phi) is 6.99. The van der Waals surface area contributed by atoms with Gasteiger partial charge in [0.25, 0.3) is 5.56 Å². The fraction of sp³-hybridized carbons (Fsp3) is 0.121. The van der Waals surface area contributed by atoms with Gasteiger partial charge in [-0.15, -0.1) is 0 Å². The average molecular weight is 563 g/mol. The van der Waals surface area contributed by atoms with Crippen LogP contribution in [0.5, 0.6) is 11.5 Å². The Morgan fingerprint density at radius 1 is 1.00 bits per heavy atom. The number of phenolic OH excluding ortho intramolecular Hbond substituents is 1. The first-order valence-electron chi connectivity index (χ1n) is 13.1. The van der Waals surface area contributed by atoms with Gasteiger partial charge in [0, 0.05) is 16.7 Å². The van der Waals surface area contributed by atoms with Crippen LogP contribution in [0.4, 0.5) is 0 Å². The minimum absolute atomic E-state index is 0.0581. The molecular formula is C33H26N2O5S. The fourth-order valence-electron chi connectivity index (χ4n) is 5.20. The Hall–Kier alpha value is -4.95. The van der Waals surface area contributed by atoms with Crippen molar-refractivity contribution < 1.29 is 19.4 Å². The number of carbonyl (C=O) groups excluding carboxylic acids is 1. The standard InChI is InChI=1S/C33H26N2O5S/c1-3-40-32(38)28-29(21-12-5-4-6-13-21)34-33-35(31(37)26(41-33)19-22-14-8-10-16-24(22)36)30(28)27-23-15-9-7-11-20(23)17-18-25(27)39-2/h4-19,30,36H,3H2,1-2H3/b26-19-/t30-/m0/s1. The first kappa shape index (κ1) is 26.3. The van der Waals surface area contributed by atoms with E-state index in [9.17, 15) is 14.7 Å². The topological polar surface area (TPSA) is 90.1 Å². The number of carbonyl (C=O) groups is 1. The zero-order chi connectivity index (χ0) is 28.5. The number of aromatic hydroxyl groups is 1. The molecule has 5 aromatic rings. The molecule has 1 aromatic heterocycles. The van der Waals surface area contributed by atoms with E-state index in [-0.39, 0.29) is 23.5 Å². The first-order valence-corrected chi connectivity index (χ1v) is 14.0. The molecule has 0 fully saturated rings. The fourth-order valence-corrected chi connectivity index (χ4v) is 6.19. The average Bonchev–Trinajstić information content (AvgIpc) is 3.31. The minimum atomic E-state index is -0.895. The number of hydrogen-bond acceptors (Lipinski definition) is 7. The van der Waals surface area contributed by atoms with Gasteiger partial charge >= 0.3 is 5.97 Å². The van der Waals surface area contributed by atoms with Crippen molar-refractivity contribution in [2.24, 2.45) is 4.99 Å². The second-order valence-corrected chi connectivity index (χ2v) is 10.4. The van der Waals surface area contributed by atoms with Crippen molar-refractivity contribution in [3.8, 4) is 11.5 Å². The number of thiazole rings is 1. The second kappa shape index (κ2) is 10.9. The Morgan fingerprint density at radius 2 is 1.73 bits per heavy atom. The molecule has 0 aliphatic carbocycles. The van der Waals surface area contributed by atoms with Crippen LogP contribution in [-0.2, 0) is 9.53 Å². The van der Waals surface area contributed by atoms with Crippen LogP contribution >= 0.6 is 11.3 Å². The molecule has 7 nitrogen and oxygen atoms in total. The number of methoxy groups -OCH3 is 1. The molecule has 1 N–H and O–H groups in total. The summed E-state index contributed by atoms with van der Waals surface area (Å²) in [5.74, 6) is 0.0213. The molecule has 204 valence electrons. The first-order chi connectivity index (χ1) is 20.0. The van der Waals surface area contributed by atoms with Gasteiger partial charge in [0.05, 0.1) is 29.5 Å². The third kappa shape index (κ3) is 4.62. The highest BCUT2D eigenvalue weighted by Crippen LogP contribution is 2.42. The highest BCUT2D eigenvalue weighted by molar-refractivity contribution is 7.07. The molecule has 0 saturated carbocycles. The van der Waals surface area contributed by atoms with Crippen LogP contribution in [0.3, 0.4) is 0 Å². The predicted octanol–water partition coefficient (Wildman–Crippen LogP) is 4.80. The summed E-state index contributed by atoms with van der Waals surface area (Å²) >= 11 is 1.20. The second-order valence-electron chi connectivity index (χ2n) is 9.39. The van der Waals surface area contributed by atoms with E-state index in [2.05, 4.69) is 0 Å². The van der Waals surface area contributed by atoms with E-state index >= 15 is 0 Å². The quantitative estimate of drug-likeness (QED) is 0.300. The summed E-state index contributed by atoms with van der Waals surface area (Å²) in [7, 11) is 1.57. The van der Waals surface area contributed by atoms with Crippen molar-refractivity contribution in [3.63, 3.8) is 0 Å². The molecule has 2 heterocycles. The summed E-state index contributed by atoms with van der Waals surface area (Å²) in [6.07, 6.45) is 1.65. The van der Waals surface area contributed by atoms with Crippen LogP contribution in [0, 0.1) is 0 Å². The highest BCUT2D eigenvalue weighted by Gasteiger charge is 2.37. The molecule has 1 aliphatic rings. The summed E-state index contributed by atoms with van der Waals surface area (Å²) in [6, 6.07) is 26.9. The highest BCUT2D eigenvalue weighted by atomic mass is 32.1. The lowest BCUT2D eigenvalue weighted by atomic mass is 9.89. The SMILES string of the molecule is CCOC(=O)C1=C(c2ccccc2)N=c2s/c(=C\c3ccccc3O)c(=O)n2[C@H]1c1c(OC)ccc2ccccc12. The van der Waals surface area contributed by atoms with Gasteiger partial charge in [0.15, 0.2) is 4.80 Å². The number of fused-ring (bicyclic) bond motifs is 2. The molecule has 0 saturated heterocycles. The van der Waals surface area contributed by atoms with Gasteiger partial charge in [0.1, 0.15) is 17.5 Å². The van der Waals surface area contributed by atoms with Gasteiger partial charge in [-0.2, -0.15) is 0 Å². The summed E-state index contributed by atoms with van der Waals surface area (Å²) in [5, 5.41) is 12.2. The number of nitrogens with zero attached hydrogens (tertiary/aromatic N) is 2. The summed E-state index contributed by atoms with van der Waals surface area (Å²) in [4.78, 5) is 33.3. The zero-order valence-corrected chi connectivity index (χ0v) is 23.2. The lowest BCUT2D eigenvalue weighted by molar-refractivity contribution is -0.138. The number of hydrogen-bond donors (Lipinski definition) is 1. The van der Waals surface area contributed by atoms with E-state index in [4.69, 9.17) is 14.5 Å². The molecule has 0 unspecified atom stereocenters. The van der Waals surface area contributed by atoms with Crippen LogP contribution in [0.1, 0.15) is 29.7 Å². The predicted molar refractivity (Wildman–Crippen MR) is 160 cm³/mol.